The van der Waals surface area contributed by atoms with Crippen molar-refractivity contribution in [1.29, 1.82) is 10.5 Å². The number of hydrogen-bond acceptors (Lipinski definition) is 5. The van der Waals surface area contributed by atoms with Crippen molar-refractivity contribution in [3.05, 3.63) is 178 Å². The summed E-state index contributed by atoms with van der Waals surface area (Å²) in [6.45, 7) is 1.92. The lowest BCUT2D eigenvalue weighted by Gasteiger charge is -2.14. The van der Waals surface area contributed by atoms with Crippen LogP contribution in [0.15, 0.2) is 145 Å². The quantitative estimate of drug-likeness (QED) is 0.0727. The van der Waals surface area contributed by atoms with Crippen molar-refractivity contribution < 1.29 is 9.47 Å². The van der Waals surface area contributed by atoms with Gasteiger partial charge in [-0.1, -0.05) is 98.5 Å². The Labute approximate surface area is 331 Å². The maximum atomic E-state index is 11.6. The number of pyridine rings is 1. The first kappa shape index (κ1) is 39.3. The van der Waals surface area contributed by atoms with Gasteiger partial charge in [-0.25, -0.2) is 0 Å². The molecule has 0 unspecified atom stereocenters. The molecule has 0 N–H and O–H groups in total. The molecule has 0 atom stereocenters. The van der Waals surface area contributed by atoms with Crippen LogP contribution in [0.5, 0.6) is 11.5 Å². The molecule has 0 aliphatic rings. The zero-order chi connectivity index (χ0) is 38.8. The Morgan fingerprint density at radius 3 is 1.25 bits per heavy atom. The maximum absolute atomic E-state index is 11.6. The summed E-state index contributed by atoms with van der Waals surface area (Å²) in [7, 11) is 0. The van der Waals surface area contributed by atoms with Gasteiger partial charge in [0.1, 0.15) is 11.5 Å². The van der Waals surface area contributed by atoms with E-state index in [1.807, 2.05) is 71.6 Å². The number of nitriles is 2. The normalized spacial score (nSPS) is 10.8. The maximum Gasteiger partial charge on any atom is 0.181 e. The van der Waals surface area contributed by atoms with Gasteiger partial charge in [-0.15, -0.1) is 0 Å². The van der Waals surface area contributed by atoms with Gasteiger partial charge in [-0.05, 0) is 114 Å². The van der Waals surface area contributed by atoms with Crippen molar-refractivity contribution in [3.8, 4) is 45.9 Å². The number of aryl methyl sites for hydroxylation is 2. The molecule has 0 amide bonds. The van der Waals surface area contributed by atoms with Crippen LogP contribution in [0.2, 0.25) is 0 Å². The Bertz CT molecular complexity index is 2110. The van der Waals surface area contributed by atoms with E-state index in [0.29, 0.717) is 30.9 Å². The van der Waals surface area contributed by atoms with E-state index in [2.05, 4.69) is 72.8 Å². The van der Waals surface area contributed by atoms with Crippen LogP contribution in [0.25, 0.3) is 22.3 Å². The van der Waals surface area contributed by atoms with Crippen molar-refractivity contribution in [2.45, 2.75) is 70.8 Å². The number of rotatable bonds is 20. The van der Waals surface area contributed by atoms with Crippen LogP contribution in [0.4, 0.5) is 0 Å². The van der Waals surface area contributed by atoms with E-state index >= 15 is 0 Å². The molecule has 0 saturated heterocycles. The molecule has 0 bridgehead atoms. The van der Waals surface area contributed by atoms with Gasteiger partial charge >= 0.3 is 0 Å². The third kappa shape index (κ3) is 12.3. The van der Waals surface area contributed by atoms with Crippen LogP contribution in [-0.2, 0) is 19.4 Å². The standard InChI is InChI=1S/C50H49N3O3/c51-36-41-15-23-46(24-16-41)44-19-11-39(12-20-44)9-5-1-3-7-31-55-49-33-43(38-53-29-27-48(54)28-30-53)34-50(35-49)56-32-8-4-2-6-10-40-13-21-45(22-14-40)47-25-17-42(37-52)18-26-47/h11-30,33-35H,1-10,31-32,38H2. The molecule has 1 aromatic heterocycles. The van der Waals surface area contributed by atoms with E-state index in [1.165, 1.54) is 22.3 Å². The highest BCUT2D eigenvalue weighted by molar-refractivity contribution is 5.65. The fourth-order valence-corrected chi connectivity index (χ4v) is 6.80. The molecule has 0 aliphatic carbocycles. The Balaban J connectivity index is 0.905. The molecule has 1 heterocycles. The van der Waals surface area contributed by atoms with Gasteiger partial charge in [0, 0.05) is 37.1 Å². The molecule has 6 aromatic rings. The number of ether oxygens (including phenoxy) is 2. The molecular weight excluding hydrogens is 691 g/mol. The van der Waals surface area contributed by atoms with Gasteiger partial charge < -0.3 is 14.0 Å². The summed E-state index contributed by atoms with van der Waals surface area (Å²) < 4.78 is 14.5. The second kappa shape index (κ2) is 20.9. The molecule has 6 nitrogen and oxygen atoms in total. The van der Waals surface area contributed by atoms with E-state index in [0.717, 1.165) is 92.4 Å². The number of benzene rings is 5. The van der Waals surface area contributed by atoms with E-state index < -0.39 is 0 Å². The zero-order valence-corrected chi connectivity index (χ0v) is 32.0. The summed E-state index contributed by atoms with van der Waals surface area (Å²) in [6, 6.07) is 46.6. The van der Waals surface area contributed by atoms with Gasteiger partial charge in [0.2, 0.25) is 0 Å². The smallest absolute Gasteiger partial charge is 0.181 e. The van der Waals surface area contributed by atoms with Gasteiger partial charge in [0.15, 0.2) is 5.43 Å². The highest BCUT2D eigenvalue weighted by Crippen LogP contribution is 2.26. The van der Waals surface area contributed by atoms with E-state index in [4.69, 9.17) is 20.0 Å². The minimum absolute atomic E-state index is 0.00227. The Hall–Kier alpha value is -6.37. The van der Waals surface area contributed by atoms with Gasteiger partial charge in [-0.3, -0.25) is 4.79 Å². The molecule has 56 heavy (non-hydrogen) atoms. The second-order valence-corrected chi connectivity index (χ2v) is 14.3. The van der Waals surface area contributed by atoms with Crippen LogP contribution in [0.1, 0.15) is 79.2 Å². The average molecular weight is 740 g/mol. The Kier molecular flexibility index (Phi) is 14.7. The first-order valence-electron chi connectivity index (χ1n) is 19.8. The van der Waals surface area contributed by atoms with Gasteiger partial charge in [0.05, 0.1) is 36.5 Å². The summed E-state index contributed by atoms with van der Waals surface area (Å²) >= 11 is 0. The van der Waals surface area contributed by atoms with Gasteiger partial charge in [0.25, 0.3) is 0 Å². The fourth-order valence-electron chi connectivity index (χ4n) is 6.80. The highest BCUT2D eigenvalue weighted by atomic mass is 16.5. The predicted octanol–water partition coefficient (Wildman–Crippen LogP) is 11.3. The van der Waals surface area contributed by atoms with Crippen molar-refractivity contribution in [3.63, 3.8) is 0 Å². The SMILES string of the molecule is N#Cc1ccc(-c2ccc(CCCCCCOc3cc(Cn4ccc(=O)cc4)cc(OCCCCCCc4ccc(-c5ccc(C#N)cc5)cc4)c3)cc2)cc1. The van der Waals surface area contributed by atoms with Crippen molar-refractivity contribution in [2.75, 3.05) is 13.2 Å². The van der Waals surface area contributed by atoms with Crippen LogP contribution in [0.3, 0.4) is 0 Å². The number of unbranched alkanes of at least 4 members (excludes halogenated alkanes) is 6. The van der Waals surface area contributed by atoms with Crippen LogP contribution >= 0.6 is 0 Å². The Morgan fingerprint density at radius 2 is 0.839 bits per heavy atom. The lowest BCUT2D eigenvalue weighted by molar-refractivity contribution is 0.289. The van der Waals surface area contributed by atoms with Crippen molar-refractivity contribution in [1.82, 2.24) is 4.57 Å². The predicted molar refractivity (Wildman–Crippen MR) is 225 cm³/mol. The molecule has 6 rings (SSSR count). The third-order valence-corrected chi connectivity index (χ3v) is 10.0. The summed E-state index contributed by atoms with van der Waals surface area (Å²) in [5.74, 6) is 1.62. The largest absolute Gasteiger partial charge is 0.493 e. The fraction of sp³-hybridized carbons (Fsp3) is 0.260. The monoisotopic (exact) mass is 739 g/mol. The summed E-state index contributed by atoms with van der Waals surface area (Å²) in [4.78, 5) is 11.6. The first-order valence-corrected chi connectivity index (χ1v) is 19.8. The highest BCUT2D eigenvalue weighted by Gasteiger charge is 2.07. The molecule has 0 spiro atoms. The molecule has 282 valence electrons. The van der Waals surface area contributed by atoms with Crippen LogP contribution < -0.4 is 14.9 Å². The van der Waals surface area contributed by atoms with E-state index in [9.17, 15) is 4.79 Å². The zero-order valence-electron chi connectivity index (χ0n) is 32.0. The molecule has 0 fully saturated rings. The molecule has 5 aromatic carbocycles. The summed E-state index contributed by atoms with van der Waals surface area (Å²) in [6.07, 6.45) is 14.5. The lowest BCUT2D eigenvalue weighted by atomic mass is 10.0. The summed E-state index contributed by atoms with van der Waals surface area (Å²) in [5, 5.41) is 18.1. The third-order valence-electron chi connectivity index (χ3n) is 10.0. The molecule has 0 aliphatic heterocycles. The average Bonchev–Trinajstić information content (AvgIpc) is 3.24. The second-order valence-electron chi connectivity index (χ2n) is 14.3. The van der Waals surface area contributed by atoms with Crippen molar-refractivity contribution in [2.24, 2.45) is 0 Å². The number of hydrogen-bond donors (Lipinski definition) is 0. The minimum atomic E-state index is -0.00227. The van der Waals surface area contributed by atoms with Crippen LogP contribution in [-0.4, -0.2) is 17.8 Å². The number of aromatic nitrogens is 1. The van der Waals surface area contributed by atoms with Crippen LogP contribution in [0, 0.1) is 22.7 Å². The van der Waals surface area contributed by atoms with E-state index in [1.54, 1.807) is 12.1 Å². The van der Waals surface area contributed by atoms with E-state index in [-0.39, 0.29) is 5.43 Å². The molecule has 0 radical (unpaired) electrons. The molecule has 6 heteroatoms. The first-order chi connectivity index (χ1) is 27.5. The number of nitrogens with zero attached hydrogens (tertiary/aromatic N) is 3. The minimum Gasteiger partial charge on any atom is -0.493 e. The molecular formula is C50H49N3O3. The topological polar surface area (TPSA) is 88.0 Å². The Morgan fingerprint density at radius 1 is 0.446 bits per heavy atom. The van der Waals surface area contributed by atoms with Crippen molar-refractivity contribution >= 4 is 0 Å². The molecule has 0 saturated carbocycles. The van der Waals surface area contributed by atoms with Gasteiger partial charge in [-0.2, -0.15) is 10.5 Å². The summed E-state index contributed by atoms with van der Waals surface area (Å²) in [5.41, 5.74) is 9.68. The lowest BCUT2D eigenvalue weighted by Crippen LogP contribution is -2.06.